The molecule has 0 aromatic heterocycles. The first kappa shape index (κ1) is 11.3. The van der Waals surface area contributed by atoms with Crippen LogP contribution in [0.2, 0.25) is 0 Å². The van der Waals surface area contributed by atoms with Crippen molar-refractivity contribution in [1.82, 2.24) is 0 Å². The molecule has 0 aliphatic rings. The van der Waals surface area contributed by atoms with Gasteiger partial charge in [-0.3, -0.25) is 0 Å². The zero-order valence-electron chi connectivity index (χ0n) is 7.76. The van der Waals surface area contributed by atoms with Gasteiger partial charge in [0.25, 0.3) is 0 Å². The molecule has 0 heterocycles. The van der Waals surface area contributed by atoms with E-state index in [2.05, 4.69) is 20.5 Å². The van der Waals surface area contributed by atoms with E-state index in [0.717, 1.165) is 6.21 Å². The van der Waals surface area contributed by atoms with Crippen LogP contribution in [0.25, 0.3) is 0 Å². The van der Waals surface area contributed by atoms with Gasteiger partial charge in [-0.15, -0.1) is 0 Å². The maximum Gasteiger partial charge on any atom is 0.0994 e. The zero-order chi connectivity index (χ0) is 10.3. The van der Waals surface area contributed by atoms with Crippen LogP contribution in [0.1, 0.15) is 20.8 Å². The summed E-state index contributed by atoms with van der Waals surface area (Å²) in [5, 5.41) is 29.6. The molecule has 0 saturated carbocycles. The highest BCUT2D eigenvalue weighted by atomic mass is 16.4. The molecule has 0 aliphatic carbocycles. The quantitative estimate of drug-likeness (QED) is 0.391. The van der Waals surface area contributed by atoms with Crippen molar-refractivity contribution in [3.05, 3.63) is 0 Å². The van der Waals surface area contributed by atoms with Crippen molar-refractivity contribution in [2.45, 2.75) is 20.8 Å². The third kappa shape index (κ3) is 4.67. The molecule has 0 saturated heterocycles. The molecule has 0 atom stereocenters. The second-order valence-electron chi connectivity index (χ2n) is 2.36. The van der Waals surface area contributed by atoms with Crippen LogP contribution in [0.15, 0.2) is 20.5 Å². The first-order valence-corrected chi connectivity index (χ1v) is 3.57. The highest BCUT2D eigenvalue weighted by Gasteiger charge is 1.95. The Hall–Kier alpha value is -1.72. The molecule has 0 rings (SSSR count). The predicted molar refractivity (Wildman–Crippen MR) is 51.4 cm³/mol. The Bertz CT molecular complexity index is 278. The number of nitrogens with zero attached hydrogens (tertiary/aromatic N) is 4. The highest BCUT2D eigenvalue weighted by molar-refractivity contribution is 6.40. The molecule has 0 aromatic carbocycles. The Morgan fingerprint density at radius 1 is 1.00 bits per heavy atom. The summed E-state index contributed by atoms with van der Waals surface area (Å²) in [6, 6.07) is 0. The van der Waals surface area contributed by atoms with Crippen molar-refractivity contribution in [3.63, 3.8) is 0 Å². The molecule has 0 aromatic rings. The van der Waals surface area contributed by atoms with Crippen LogP contribution in [-0.4, -0.2) is 33.8 Å². The lowest BCUT2D eigenvalue weighted by Crippen LogP contribution is -2.05. The summed E-state index contributed by atoms with van der Waals surface area (Å²) in [4.78, 5) is 0. The van der Waals surface area contributed by atoms with Gasteiger partial charge in [-0.1, -0.05) is 10.3 Å². The van der Waals surface area contributed by atoms with Crippen molar-refractivity contribution in [2.24, 2.45) is 20.5 Å². The summed E-state index contributed by atoms with van der Waals surface area (Å²) in [6.45, 7) is 4.88. The van der Waals surface area contributed by atoms with Crippen LogP contribution >= 0.6 is 0 Å². The van der Waals surface area contributed by atoms with E-state index in [9.17, 15) is 0 Å². The van der Waals surface area contributed by atoms with E-state index in [-0.39, 0.29) is 0 Å². The Morgan fingerprint density at radius 2 is 1.62 bits per heavy atom. The number of hydrogen-bond donors (Lipinski definition) is 2. The van der Waals surface area contributed by atoms with E-state index >= 15 is 0 Å². The van der Waals surface area contributed by atoms with Crippen molar-refractivity contribution < 1.29 is 10.4 Å². The van der Waals surface area contributed by atoms with Crippen molar-refractivity contribution in [1.29, 1.82) is 0 Å². The highest BCUT2D eigenvalue weighted by Crippen LogP contribution is 1.85. The average Bonchev–Trinajstić information content (AvgIpc) is 2.13. The lowest BCUT2D eigenvalue weighted by Gasteiger charge is -1.92. The summed E-state index contributed by atoms with van der Waals surface area (Å²) in [6.07, 6.45) is 1.15. The monoisotopic (exact) mass is 184 g/mol. The number of hydrogen-bond acceptors (Lipinski definition) is 6. The standard InChI is InChI=1S/C7H12N4O2/c1-5(4-8-12)9-10-6(2)7(3)11-13/h4,12-13H,1-3H3/b8-4-,9-5-,10-6-,11-7-. The molecule has 0 aliphatic heterocycles. The largest absolute Gasteiger partial charge is 0.411 e. The van der Waals surface area contributed by atoms with Crippen molar-refractivity contribution >= 4 is 23.3 Å². The van der Waals surface area contributed by atoms with E-state index in [4.69, 9.17) is 10.4 Å². The van der Waals surface area contributed by atoms with Gasteiger partial charge in [-0.05, 0) is 20.8 Å². The maximum atomic E-state index is 8.37. The Kier molecular flexibility index (Phi) is 5.09. The SMILES string of the molecule is CC(/C=N\O)=N/N=C(C)\C(C)=N/O. The van der Waals surface area contributed by atoms with Gasteiger partial charge < -0.3 is 10.4 Å². The minimum atomic E-state index is 0.387. The fourth-order valence-electron chi connectivity index (χ4n) is 0.408. The lowest BCUT2D eigenvalue weighted by molar-refractivity contribution is 0.320. The van der Waals surface area contributed by atoms with Gasteiger partial charge in [0.2, 0.25) is 0 Å². The van der Waals surface area contributed by atoms with E-state index in [0.29, 0.717) is 17.1 Å². The summed E-state index contributed by atoms with van der Waals surface area (Å²) < 4.78 is 0. The molecule has 0 unspecified atom stereocenters. The predicted octanol–water partition coefficient (Wildman–Crippen LogP) is 1.13. The van der Waals surface area contributed by atoms with Crippen LogP contribution in [-0.2, 0) is 0 Å². The molecular weight excluding hydrogens is 172 g/mol. The van der Waals surface area contributed by atoms with Gasteiger partial charge in [0.1, 0.15) is 0 Å². The molecular formula is C7H12N4O2. The molecule has 6 nitrogen and oxygen atoms in total. The minimum Gasteiger partial charge on any atom is -0.411 e. The lowest BCUT2D eigenvalue weighted by atomic mass is 10.3. The summed E-state index contributed by atoms with van der Waals surface area (Å²) in [5.74, 6) is 0. The van der Waals surface area contributed by atoms with E-state index in [1.54, 1.807) is 20.8 Å². The van der Waals surface area contributed by atoms with Gasteiger partial charge in [-0.25, -0.2) is 0 Å². The Balaban J connectivity index is 4.51. The molecule has 0 amide bonds. The average molecular weight is 184 g/mol. The van der Waals surface area contributed by atoms with E-state index < -0.39 is 0 Å². The van der Waals surface area contributed by atoms with Crippen LogP contribution in [0, 0.1) is 0 Å². The van der Waals surface area contributed by atoms with Gasteiger partial charge >= 0.3 is 0 Å². The van der Waals surface area contributed by atoms with E-state index in [1.807, 2.05) is 0 Å². The molecule has 6 heteroatoms. The third-order valence-corrected chi connectivity index (χ3v) is 1.28. The molecule has 0 bridgehead atoms. The fourth-order valence-corrected chi connectivity index (χ4v) is 0.408. The zero-order valence-corrected chi connectivity index (χ0v) is 7.76. The molecule has 13 heavy (non-hydrogen) atoms. The van der Waals surface area contributed by atoms with Crippen LogP contribution in [0.3, 0.4) is 0 Å². The first-order chi connectivity index (χ1) is 6.11. The summed E-state index contributed by atoms with van der Waals surface area (Å²) >= 11 is 0. The van der Waals surface area contributed by atoms with Gasteiger partial charge in [0, 0.05) is 0 Å². The van der Waals surface area contributed by atoms with Crippen LogP contribution < -0.4 is 0 Å². The Morgan fingerprint density at radius 3 is 2.08 bits per heavy atom. The molecule has 72 valence electrons. The second kappa shape index (κ2) is 5.87. The first-order valence-electron chi connectivity index (χ1n) is 3.57. The molecule has 0 fully saturated rings. The van der Waals surface area contributed by atoms with Gasteiger partial charge in [-0.2, -0.15) is 10.2 Å². The number of oxime groups is 2. The van der Waals surface area contributed by atoms with Crippen LogP contribution in [0.4, 0.5) is 0 Å². The third-order valence-electron chi connectivity index (χ3n) is 1.28. The topological polar surface area (TPSA) is 89.9 Å². The summed E-state index contributed by atoms with van der Waals surface area (Å²) in [5.41, 5.74) is 1.33. The Labute approximate surface area is 76.0 Å². The second-order valence-corrected chi connectivity index (χ2v) is 2.36. The fraction of sp³-hybridized carbons (Fsp3) is 0.429. The molecule has 0 radical (unpaired) electrons. The van der Waals surface area contributed by atoms with Gasteiger partial charge in [0.05, 0.1) is 23.3 Å². The smallest absolute Gasteiger partial charge is 0.0994 e. The van der Waals surface area contributed by atoms with E-state index in [1.165, 1.54) is 0 Å². The minimum absolute atomic E-state index is 0.387. The van der Waals surface area contributed by atoms with Crippen LogP contribution in [0.5, 0.6) is 0 Å². The van der Waals surface area contributed by atoms with Crippen molar-refractivity contribution in [2.75, 3.05) is 0 Å². The van der Waals surface area contributed by atoms with Crippen molar-refractivity contribution in [3.8, 4) is 0 Å². The maximum absolute atomic E-state index is 8.37. The normalized spacial score (nSPS) is 15.5. The molecule has 2 N–H and O–H groups in total. The molecule has 0 spiro atoms. The number of rotatable bonds is 3. The van der Waals surface area contributed by atoms with Gasteiger partial charge in [0.15, 0.2) is 0 Å². The summed E-state index contributed by atoms with van der Waals surface area (Å²) in [7, 11) is 0.